The van der Waals surface area contributed by atoms with Gasteiger partial charge in [-0.25, -0.2) is 9.18 Å². The van der Waals surface area contributed by atoms with Gasteiger partial charge in [0.25, 0.3) is 0 Å². The number of carbonyl (C=O) groups excluding carboxylic acids is 1. The molecule has 1 saturated carbocycles. The molecule has 0 radical (unpaired) electrons. The van der Waals surface area contributed by atoms with Crippen LogP contribution in [0, 0.1) is 12.7 Å². The summed E-state index contributed by atoms with van der Waals surface area (Å²) in [7, 11) is 0. The number of phenolic OH excluding ortho intramolecular Hbond substituents is 1. The lowest BCUT2D eigenvalue weighted by atomic mass is 10.0. The van der Waals surface area contributed by atoms with Gasteiger partial charge in [0.2, 0.25) is 6.08 Å². The van der Waals surface area contributed by atoms with E-state index in [0.29, 0.717) is 18.4 Å². The zero-order chi connectivity index (χ0) is 11.1. The van der Waals surface area contributed by atoms with Crippen LogP contribution in [0.3, 0.4) is 0 Å². The first-order chi connectivity index (χ1) is 7.10. The number of benzene rings is 1. The van der Waals surface area contributed by atoms with Crippen LogP contribution in [0.1, 0.15) is 24.0 Å². The summed E-state index contributed by atoms with van der Waals surface area (Å²) in [5.41, 5.74) is -0.289. The smallest absolute Gasteiger partial charge is 0.235 e. The fourth-order valence-corrected chi connectivity index (χ4v) is 1.74. The average Bonchev–Trinajstić information content (AvgIpc) is 2.94. The number of hydrogen-bond acceptors (Lipinski definition) is 3. The lowest BCUT2D eigenvalue weighted by molar-refractivity contribution is 0.445. The highest BCUT2D eigenvalue weighted by Crippen LogP contribution is 2.53. The van der Waals surface area contributed by atoms with Crippen LogP contribution in [0.4, 0.5) is 4.39 Å². The highest BCUT2D eigenvalue weighted by atomic mass is 19.1. The maximum atomic E-state index is 13.8. The molecule has 15 heavy (non-hydrogen) atoms. The lowest BCUT2D eigenvalue weighted by Crippen LogP contribution is -2.07. The molecule has 2 rings (SSSR count). The molecule has 0 atom stereocenters. The first-order valence-electron chi connectivity index (χ1n) is 4.68. The Hall–Kier alpha value is -1.67. The minimum Gasteiger partial charge on any atom is -0.507 e. The van der Waals surface area contributed by atoms with E-state index in [9.17, 15) is 14.3 Å². The van der Waals surface area contributed by atoms with Gasteiger partial charge in [-0.1, -0.05) is 6.07 Å². The van der Waals surface area contributed by atoms with E-state index in [2.05, 4.69) is 4.99 Å². The Bertz CT molecular complexity index is 460. The molecule has 78 valence electrons. The second-order valence-electron chi connectivity index (χ2n) is 3.83. The number of hydrogen-bond donors (Lipinski definition) is 1. The number of nitrogens with zero attached hydrogens (tertiary/aromatic N) is 1. The van der Waals surface area contributed by atoms with Gasteiger partial charge in [0.1, 0.15) is 17.1 Å². The number of rotatable bonds is 2. The Balaban J connectivity index is 2.62. The number of aromatic hydroxyl groups is 1. The largest absolute Gasteiger partial charge is 0.507 e. The second-order valence-corrected chi connectivity index (χ2v) is 3.83. The first-order valence-corrected chi connectivity index (χ1v) is 4.68. The van der Waals surface area contributed by atoms with Gasteiger partial charge in [-0.05, 0) is 31.4 Å². The Kier molecular flexibility index (Phi) is 2.09. The van der Waals surface area contributed by atoms with Crippen LogP contribution >= 0.6 is 0 Å². The molecule has 0 amide bonds. The van der Waals surface area contributed by atoms with Crippen LogP contribution in [0.2, 0.25) is 0 Å². The first kappa shape index (κ1) is 9.87. The summed E-state index contributed by atoms with van der Waals surface area (Å²) >= 11 is 0. The number of aliphatic imine (C=N–C) groups is 1. The molecule has 1 N–H and O–H groups in total. The van der Waals surface area contributed by atoms with Crippen molar-refractivity contribution in [3.63, 3.8) is 0 Å². The molecular formula is C11H10FNO2. The Morgan fingerprint density at radius 1 is 1.53 bits per heavy atom. The highest BCUT2D eigenvalue weighted by Gasteiger charge is 2.48. The van der Waals surface area contributed by atoms with Crippen LogP contribution in [0.5, 0.6) is 5.75 Å². The summed E-state index contributed by atoms with van der Waals surface area (Å²) in [5.74, 6) is -0.624. The van der Waals surface area contributed by atoms with Crippen LogP contribution in [-0.4, -0.2) is 11.2 Å². The van der Waals surface area contributed by atoms with Crippen LogP contribution in [0.25, 0.3) is 0 Å². The molecule has 0 aliphatic heterocycles. The SMILES string of the molecule is Cc1ccc(O)c(C2(N=C=O)CC2)c1F. The van der Waals surface area contributed by atoms with Gasteiger partial charge in [0.05, 0.1) is 5.56 Å². The number of isocyanates is 1. The van der Waals surface area contributed by atoms with Crippen LogP contribution in [-0.2, 0) is 10.3 Å². The molecule has 0 saturated heterocycles. The highest BCUT2D eigenvalue weighted by molar-refractivity contribution is 5.48. The van der Waals surface area contributed by atoms with Gasteiger partial charge in [0, 0.05) is 0 Å². The molecule has 0 heterocycles. The van der Waals surface area contributed by atoms with E-state index in [0.717, 1.165) is 0 Å². The number of aryl methyl sites for hydroxylation is 1. The number of phenols is 1. The molecule has 1 aromatic rings. The maximum Gasteiger partial charge on any atom is 0.235 e. The summed E-state index contributed by atoms with van der Waals surface area (Å²) in [6, 6.07) is 2.92. The van der Waals surface area contributed by atoms with Crippen molar-refractivity contribution in [3.8, 4) is 5.75 Å². The molecular weight excluding hydrogens is 197 g/mol. The zero-order valence-electron chi connectivity index (χ0n) is 8.25. The Morgan fingerprint density at radius 3 is 2.73 bits per heavy atom. The van der Waals surface area contributed by atoms with Crippen molar-refractivity contribution in [2.75, 3.05) is 0 Å². The Labute approximate surface area is 86.3 Å². The van der Waals surface area contributed by atoms with Crippen molar-refractivity contribution in [1.82, 2.24) is 0 Å². The molecule has 0 spiro atoms. The summed E-state index contributed by atoms with van der Waals surface area (Å²) in [6.07, 6.45) is 2.60. The van der Waals surface area contributed by atoms with Crippen molar-refractivity contribution in [2.24, 2.45) is 4.99 Å². The molecule has 4 heteroatoms. The maximum absolute atomic E-state index is 13.8. The fraction of sp³-hybridized carbons (Fsp3) is 0.364. The van der Waals surface area contributed by atoms with Crippen molar-refractivity contribution >= 4 is 6.08 Å². The predicted octanol–water partition coefficient (Wildman–Crippen LogP) is 2.16. The third-order valence-corrected chi connectivity index (χ3v) is 2.76. The molecule has 0 aromatic heterocycles. The molecule has 1 aliphatic carbocycles. The van der Waals surface area contributed by atoms with Crippen molar-refractivity contribution < 1.29 is 14.3 Å². The van der Waals surface area contributed by atoms with E-state index in [4.69, 9.17) is 0 Å². The predicted molar refractivity (Wildman–Crippen MR) is 51.8 cm³/mol. The average molecular weight is 207 g/mol. The van der Waals surface area contributed by atoms with Gasteiger partial charge >= 0.3 is 0 Å². The van der Waals surface area contributed by atoms with E-state index >= 15 is 0 Å². The molecule has 0 unspecified atom stereocenters. The van der Waals surface area contributed by atoms with Gasteiger partial charge in [-0.2, -0.15) is 4.99 Å². The standard InChI is InChI=1S/C11H10FNO2/c1-7-2-3-8(15)9(10(7)12)11(4-5-11)13-6-14/h2-3,15H,4-5H2,1H3. The van der Waals surface area contributed by atoms with E-state index in [1.807, 2.05) is 0 Å². The van der Waals surface area contributed by atoms with Gasteiger partial charge in [-0.3, -0.25) is 0 Å². The second kappa shape index (κ2) is 3.17. The quantitative estimate of drug-likeness (QED) is 0.596. The topological polar surface area (TPSA) is 49.7 Å². The summed E-state index contributed by atoms with van der Waals surface area (Å²) in [4.78, 5) is 13.8. The van der Waals surface area contributed by atoms with Gasteiger partial charge < -0.3 is 5.11 Å². The van der Waals surface area contributed by atoms with E-state index < -0.39 is 11.4 Å². The summed E-state index contributed by atoms with van der Waals surface area (Å²) < 4.78 is 13.8. The number of halogens is 1. The van der Waals surface area contributed by atoms with Gasteiger partial charge in [-0.15, -0.1) is 0 Å². The summed E-state index contributed by atoms with van der Waals surface area (Å²) in [5, 5.41) is 9.59. The van der Waals surface area contributed by atoms with Crippen LogP contribution < -0.4 is 0 Å². The minimum absolute atomic E-state index is 0.130. The monoisotopic (exact) mass is 207 g/mol. The van der Waals surface area contributed by atoms with Crippen molar-refractivity contribution in [2.45, 2.75) is 25.3 Å². The van der Waals surface area contributed by atoms with Crippen molar-refractivity contribution in [1.29, 1.82) is 0 Å². The Morgan fingerprint density at radius 2 is 2.20 bits per heavy atom. The normalized spacial score (nSPS) is 16.9. The third-order valence-electron chi connectivity index (χ3n) is 2.76. The third kappa shape index (κ3) is 1.43. The minimum atomic E-state index is -0.859. The van der Waals surface area contributed by atoms with E-state index in [-0.39, 0.29) is 11.3 Å². The van der Waals surface area contributed by atoms with Crippen molar-refractivity contribution in [3.05, 3.63) is 29.1 Å². The van der Waals surface area contributed by atoms with Crippen LogP contribution in [0.15, 0.2) is 17.1 Å². The molecule has 1 aliphatic rings. The fourth-order valence-electron chi connectivity index (χ4n) is 1.74. The molecule has 3 nitrogen and oxygen atoms in total. The van der Waals surface area contributed by atoms with E-state index in [1.54, 1.807) is 6.92 Å². The lowest BCUT2D eigenvalue weighted by Gasteiger charge is -2.12. The van der Waals surface area contributed by atoms with E-state index in [1.165, 1.54) is 18.2 Å². The molecule has 1 fully saturated rings. The van der Waals surface area contributed by atoms with Gasteiger partial charge in [0.15, 0.2) is 0 Å². The molecule has 1 aromatic carbocycles. The molecule has 0 bridgehead atoms. The zero-order valence-corrected chi connectivity index (χ0v) is 8.25. The summed E-state index contributed by atoms with van der Waals surface area (Å²) in [6.45, 7) is 1.61.